The predicted octanol–water partition coefficient (Wildman–Crippen LogP) is 6.21. The lowest BCUT2D eigenvalue weighted by atomic mass is 9.64. The number of rotatable bonds is 3. The fourth-order valence-electron chi connectivity index (χ4n) is 11.1. The van der Waals surface area contributed by atoms with Gasteiger partial charge in [0, 0.05) is 12.1 Å². The number of para-hydroxylation sites is 3. The molecule has 1 aromatic heterocycles. The van der Waals surface area contributed by atoms with Gasteiger partial charge in [-0.15, -0.1) is 0 Å². The number of benzene rings is 2. The lowest BCUT2D eigenvalue weighted by molar-refractivity contribution is -0.154. The molecule has 0 amide bonds. The number of aromatic nitrogens is 2. The molecule has 9 heteroatoms. The zero-order chi connectivity index (χ0) is 32.4. The summed E-state index contributed by atoms with van der Waals surface area (Å²) in [6.07, 6.45) is 8.94. The molecule has 2 saturated heterocycles. The molecule has 11 rings (SSSR count). The van der Waals surface area contributed by atoms with Crippen LogP contribution in [0, 0.1) is 29.6 Å². The number of carbonyl (C=O) groups is 2. The number of allylic oxidation sites excluding steroid dienone is 1. The first kappa shape index (κ1) is 29.1. The fraction of sp³-hybridized carbons (Fsp3) is 0.538. The second kappa shape index (κ2) is 10.3. The van der Waals surface area contributed by atoms with Gasteiger partial charge in [-0.2, -0.15) is 0 Å². The van der Waals surface area contributed by atoms with Crippen LogP contribution < -0.4 is 0 Å². The van der Waals surface area contributed by atoms with Crippen molar-refractivity contribution < 1.29 is 28.5 Å². The van der Waals surface area contributed by atoms with E-state index in [0.717, 1.165) is 78.8 Å². The number of hydrogen-bond donors (Lipinski definition) is 0. The Morgan fingerprint density at radius 3 is 2.65 bits per heavy atom. The molecule has 5 heterocycles. The quantitative estimate of drug-likeness (QED) is 0.312. The Kier molecular flexibility index (Phi) is 6.28. The van der Waals surface area contributed by atoms with Crippen LogP contribution in [0.15, 0.2) is 65.2 Å². The van der Waals surface area contributed by atoms with E-state index in [0.29, 0.717) is 36.9 Å². The lowest BCUT2D eigenvalue weighted by Crippen LogP contribution is -2.54. The van der Waals surface area contributed by atoms with Gasteiger partial charge in [-0.3, -0.25) is 9.79 Å². The van der Waals surface area contributed by atoms with Gasteiger partial charge in [0.05, 0.1) is 34.9 Å². The molecule has 248 valence electrons. The number of carbonyl (C=O) groups excluding carboxylic acids is 2. The normalized spacial score (nSPS) is 39.3. The van der Waals surface area contributed by atoms with Gasteiger partial charge >= 0.3 is 11.9 Å². The van der Waals surface area contributed by atoms with Crippen molar-refractivity contribution in [3.63, 3.8) is 0 Å². The van der Waals surface area contributed by atoms with E-state index in [9.17, 15) is 9.59 Å². The van der Waals surface area contributed by atoms with E-state index in [1.165, 1.54) is 5.56 Å². The minimum Gasteiger partial charge on any atom is -0.459 e. The number of ether oxygens (including phenoxy) is 4. The molecule has 3 aromatic rings. The summed E-state index contributed by atoms with van der Waals surface area (Å²) >= 11 is 0. The van der Waals surface area contributed by atoms with E-state index in [1.807, 2.05) is 36.4 Å². The second-order valence-corrected chi connectivity index (χ2v) is 15.4. The number of fused-ring (bicyclic) bond motifs is 5. The minimum atomic E-state index is -0.527. The number of esters is 2. The maximum absolute atomic E-state index is 12.8. The number of imidazole rings is 1. The van der Waals surface area contributed by atoms with Crippen molar-refractivity contribution in [3.05, 3.63) is 71.6 Å². The Morgan fingerprint density at radius 1 is 0.938 bits per heavy atom. The van der Waals surface area contributed by atoms with Crippen LogP contribution in [0.3, 0.4) is 0 Å². The van der Waals surface area contributed by atoms with Gasteiger partial charge < -0.3 is 23.5 Å². The van der Waals surface area contributed by atoms with Gasteiger partial charge in [-0.05, 0) is 86.0 Å². The Morgan fingerprint density at radius 2 is 1.75 bits per heavy atom. The van der Waals surface area contributed by atoms with Crippen molar-refractivity contribution in [1.29, 1.82) is 0 Å². The SMILES string of the molecule is C[C@@H]1C=C2C(=O)O[C@@H]3CCC(C1)[C@]23OCC1=Nc2ccccc2C1.C[C@H]1CC2CC[C@H]3OC(=O)C4C1n1c(nc5ccccc51)CO[C@@]243. The third-order valence-corrected chi connectivity index (χ3v) is 12.9. The van der Waals surface area contributed by atoms with Gasteiger partial charge in [0.25, 0.3) is 0 Å². The monoisotopic (exact) mass is 647 g/mol. The summed E-state index contributed by atoms with van der Waals surface area (Å²) in [6, 6.07) is 16.5. The zero-order valence-electron chi connectivity index (χ0n) is 27.5. The maximum atomic E-state index is 12.8. The van der Waals surface area contributed by atoms with E-state index in [2.05, 4.69) is 36.6 Å². The molecule has 0 radical (unpaired) electrons. The minimum absolute atomic E-state index is 0.0631. The van der Waals surface area contributed by atoms with Gasteiger partial charge in [0.2, 0.25) is 0 Å². The third-order valence-electron chi connectivity index (χ3n) is 12.9. The van der Waals surface area contributed by atoms with Crippen molar-refractivity contribution in [3.8, 4) is 0 Å². The van der Waals surface area contributed by atoms with Crippen molar-refractivity contribution >= 4 is 34.4 Å². The molecule has 3 saturated carbocycles. The van der Waals surface area contributed by atoms with Crippen LogP contribution in [0.5, 0.6) is 0 Å². The highest BCUT2D eigenvalue weighted by atomic mass is 16.6. The summed E-state index contributed by atoms with van der Waals surface area (Å²) in [5, 5.41) is 0. The van der Waals surface area contributed by atoms with Crippen LogP contribution in [-0.2, 0) is 41.6 Å². The number of nitrogens with zero attached hydrogens (tertiary/aromatic N) is 3. The van der Waals surface area contributed by atoms with Crippen LogP contribution in [0.4, 0.5) is 5.69 Å². The lowest BCUT2D eigenvalue weighted by Gasteiger charge is -2.46. The van der Waals surface area contributed by atoms with Gasteiger partial charge in [-0.25, -0.2) is 9.78 Å². The van der Waals surface area contributed by atoms with E-state index in [-0.39, 0.29) is 36.1 Å². The summed E-state index contributed by atoms with van der Waals surface area (Å²) in [5.74, 6) is 2.16. The molecule has 5 fully saturated rings. The van der Waals surface area contributed by atoms with Crippen molar-refractivity contribution in [2.24, 2.45) is 34.6 Å². The highest BCUT2D eigenvalue weighted by Crippen LogP contribution is 2.62. The molecule has 2 bridgehead atoms. The fourth-order valence-corrected chi connectivity index (χ4v) is 11.1. The molecule has 48 heavy (non-hydrogen) atoms. The Labute approximate surface area is 279 Å². The van der Waals surface area contributed by atoms with Gasteiger partial charge in [-0.1, -0.05) is 50.3 Å². The number of aliphatic imine (C=N–C) groups is 1. The largest absolute Gasteiger partial charge is 0.459 e. The van der Waals surface area contributed by atoms with Crippen LogP contribution in [0.2, 0.25) is 0 Å². The molecule has 9 nitrogen and oxygen atoms in total. The first-order chi connectivity index (χ1) is 23.4. The molecule has 4 unspecified atom stereocenters. The standard InChI is InChI=1S/C20H21NO3.C19H20N2O3/c1-12-8-14-6-7-18-20(14,16(9-12)19(22)24-18)23-11-15-10-13-4-2-3-5-17(13)21-15;1-10-8-11-6-7-14-19(11)16(18(22)24-14)17(10)21-13-5-3-2-4-12(13)20-15(21)9-23-19/h2-5,9,12,14,18H,6-8,10-11H2,1H3;2-5,10-11,14,16-17H,6-9H2,1H3/t12-,14?,18+,20-;10-,11?,14+,16?,17?,19+/m00/s1. The van der Waals surface area contributed by atoms with Crippen LogP contribution in [-0.4, -0.2) is 57.2 Å². The van der Waals surface area contributed by atoms with Crippen LogP contribution in [0.25, 0.3) is 11.0 Å². The second-order valence-electron chi connectivity index (χ2n) is 15.4. The predicted molar refractivity (Wildman–Crippen MR) is 177 cm³/mol. The first-order valence-electron chi connectivity index (χ1n) is 17.9. The summed E-state index contributed by atoms with van der Waals surface area (Å²) in [7, 11) is 0. The molecule has 8 aliphatic rings. The van der Waals surface area contributed by atoms with Gasteiger partial charge in [0.15, 0.2) is 0 Å². The van der Waals surface area contributed by atoms with Crippen LogP contribution >= 0.6 is 0 Å². The first-order valence-corrected chi connectivity index (χ1v) is 17.9. The Hall–Kier alpha value is -3.82. The summed E-state index contributed by atoms with van der Waals surface area (Å²) in [5.41, 5.74) is 5.25. The molecule has 10 atom stereocenters. The van der Waals surface area contributed by atoms with Crippen molar-refractivity contribution in [2.75, 3.05) is 6.61 Å². The van der Waals surface area contributed by atoms with E-state index in [4.69, 9.17) is 28.9 Å². The molecular formula is C39H41N3O6. The Balaban J connectivity index is 0.000000123. The molecule has 1 spiro atoms. The summed E-state index contributed by atoms with van der Waals surface area (Å²) < 4.78 is 26.7. The van der Waals surface area contributed by atoms with Crippen LogP contribution in [0.1, 0.15) is 69.8 Å². The molecule has 2 aromatic carbocycles. The average molecular weight is 648 g/mol. The average Bonchev–Trinajstić information content (AvgIpc) is 3.90. The van der Waals surface area contributed by atoms with Crippen molar-refractivity contribution in [1.82, 2.24) is 9.55 Å². The molecule has 0 N–H and O–H groups in total. The highest BCUT2D eigenvalue weighted by molar-refractivity contribution is 5.96. The van der Waals surface area contributed by atoms with E-state index < -0.39 is 11.2 Å². The third kappa shape index (κ3) is 3.86. The summed E-state index contributed by atoms with van der Waals surface area (Å²) in [4.78, 5) is 34.7. The molecule has 4 aliphatic carbocycles. The summed E-state index contributed by atoms with van der Waals surface area (Å²) in [6.45, 7) is 5.40. The van der Waals surface area contributed by atoms with Crippen molar-refractivity contribution in [2.45, 2.75) is 94.9 Å². The number of hydrogen-bond acceptors (Lipinski definition) is 8. The zero-order valence-corrected chi connectivity index (χ0v) is 27.5. The molecular weight excluding hydrogens is 606 g/mol. The smallest absolute Gasteiger partial charge is 0.337 e. The van der Waals surface area contributed by atoms with Gasteiger partial charge in [0.1, 0.15) is 41.8 Å². The van der Waals surface area contributed by atoms with E-state index >= 15 is 0 Å². The Bertz CT molecular complexity index is 1930. The van der Waals surface area contributed by atoms with E-state index in [1.54, 1.807) is 0 Å². The maximum Gasteiger partial charge on any atom is 0.337 e. The molecule has 4 aliphatic heterocycles. The topological polar surface area (TPSA) is 101 Å². The highest BCUT2D eigenvalue weighted by Gasteiger charge is 2.71.